The van der Waals surface area contributed by atoms with Crippen LogP contribution in [0, 0.1) is 0 Å². The van der Waals surface area contributed by atoms with Crippen LogP contribution in [0.2, 0.25) is 0 Å². The number of sulfonamides is 1. The highest BCUT2D eigenvalue weighted by molar-refractivity contribution is 7.93. The number of nitrogens with two attached hydrogens (primary N) is 1. The van der Waals surface area contributed by atoms with Crippen LogP contribution >= 0.6 is 0 Å². The molecule has 0 saturated carbocycles. The molecule has 0 saturated heterocycles. The lowest BCUT2D eigenvalue weighted by Gasteiger charge is -2.16. The van der Waals surface area contributed by atoms with Gasteiger partial charge in [0.1, 0.15) is 0 Å². The van der Waals surface area contributed by atoms with Crippen molar-refractivity contribution in [2.75, 3.05) is 24.3 Å². The van der Waals surface area contributed by atoms with Crippen LogP contribution < -0.4 is 25.2 Å². The summed E-state index contributed by atoms with van der Waals surface area (Å²) in [6.07, 6.45) is 2.61. The number of hydrogen-bond donors (Lipinski definition) is 4. The molecule has 13 nitrogen and oxygen atoms in total. The van der Waals surface area contributed by atoms with E-state index in [0.29, 0.717) is 28.1 Å². The van der Waals surface area contributed by atoms with E-state index in [1.165, 1.54) is 25.1 Å². The molecule has 0 bridgehead atoms. The van der Waals surface area contributed by atoms with Crippen LogP contribution in [0.15, 0.2) is 48.8 Å². The second-order valence-electron chi connectivity index (χ2n) is 8.20. The van der Waals surface area contributed by atoms with Crippen molar-refractivity contribution < 1.29 is 45.8 Å². The van der Waals surface area contributed by atoms with Gasteiger partial charge >= 0.3 is 27.5 Å². The van der Waals surface area contributed by atoms with E-state index in [1.807, 2.05) is 0 Å². The van der Waals surface area contributed by atoms with E-state index >= 15 is 0 Å². The monoisotopic (exact) mass is 592 g/mol. The van der Waals surface area contributed by atoms with Crippen molar-refractivity contribution in [2.45, 2.75) is 5.51 Å². The molecule has 1 amide bonds. The number of fused-ring (bicyclic) bond motifs is 1. The van der Waals surface area contributed by atoms with Crippen molar-refractivity contribution in [2.24, 2.45) is 5.73 Å². The molecule has 0 atom stereocenters. The van der Waals surface area contributed by atoms with Crippen LogP contribution in [0.4, 0.5) is 30.2 Å². The molecule has 2 aromatic heterocycles. The quantitative estimate of drug-likeness (QED) is 0.222. The number of hydrogen-bond acceptors (Lipinski definition) is 10. The van der Waals surface area contributed by atoms with Gasteiger partial charge in [-0.05, 0) is 29.8 Å². The number of primary amides is 1. The number of carbonyl (C=O) groups is 2. The van der Waals surface area contributed by atoms with E-state index in [0.717, 1.165) is 18.3 Å². The highest BCUT2D eigenvalue weighted by Gasteiger charge is 2.46. The second kappa shape index (κ2) is 10.8. The minimum Gasteiger partial charge on any atom is -0.480 e. The minimum absolute atomic E-state index is 0.0270. The summed E-state index contributed by atoms with van der Waals surface area (Å²) >= 11 is 0. The number of amides is 1. The normalized spacial score (nSPS) is 11.6. The standard InChI is InChI=1S/C24H19F3N6O7S/c1-39-21-16(9-30-23(32-21)40-2)11-3-4-15-18(7-11)29-10-17(20(28)34)19(15)31-13-5-12(22(35)36)6-14(8-13)33-41(37,38)24(25,26)27/h3-10,33H,1-2H3,(H2,28,34)(H,29,31)(H,35,36). The maximum absolute atomic E-state index is 12.9. The molecular weight excluding hydrogens is 573 g/mol. The number of alkyl halides is 3. The third kappa shape index (κ3) is 5.88. The molecule has 0 spiro atoms. The summed E-state index contributed by atoms with van der Waals surface area (Å²) in [7, 11) is -3.07. The lowest BCUT2D eigenvalue weighted by atomic mass is 10.0. The predicted octanol–water partition coefficient (Wildman–Crippen LogP) is 3.51. The average Bonchev–Trinajstić information content (AvgIpc) is 2.91. The van der Waals surface area contributed by atoms with Gasteiger partial charge in [0.2, 0.25) is 5.88 Å². The SMILES string of the molecule is COc1ncc(-c2ccc3c(Nc4cc(NS(=O)(=O)C(F)(F)F)cc(C(=O)O)c4)c(C(N)=O)cnc3c2)c(OC)n1. The van der Waals surface area contributed by atoms with E-state index < -0.39 is 38.7 Å². The molecule has 2 heterocycles. The first-order chi connectivity index (χ1) is 19.2. The first-order valence-corrected chi connectivity index (χ1v) is 12.6. The lowest BCUT2D eigenvalue weighted by Crippen LogP contribution is -2.30. The fourth-order valence-electron chi connectivity index (χ4n) is 3.73. The van der Waals surface area contributed by atoms with E-state index in [-0.39, 0.29) is 28.8 Å². The molecular formula is C24H19F3N6O7S. The molecule has 0 aliphatic carbocycles. The Morgan fingerprint density at radius 2 is 1.71 bits per heavy atom. The number of carbonyl (C=O) groups excluding carboxylic acids is 1. The Bertz CT molecular complexity index is 1800. The Hall–Kier alpha value is -5.19. The van der Waals surface area contributed by atoms with Crippen molar-refractivity contribution in [3.05, 3.63) is 59.9 Å². The molecule has 0 unspecified atom stereocenters. The fourth-order valence-corrected chi connectivity index (χ4v) is 4.27. The van der Waals surface area contributed by atoms with Gasteiger partial charge < -0.3 is 25.6 Å². The molecule has 0 aliphatic rings. The zero-order chi connectivity index (χ0) is 30.1. The summed E-state index contributed by atoms with van der Waals surface area (Å²) < 4.78 is 73.6. The highest BCUT2D eigenvalue weighted by Crippen LogP contribution is 2.36. The zero-order valence-corrected chi connectivity index (χ0v) is 21.8. The molecule has 41 heavy (non-hydrogen) atoms. The largest absolute Gasteiger partial charge is 0.516 e. The zero-order valence-electron chi connectivity index (χ0n) is 21.0. The number of aromatic nitrogens is 3. The summed E-state index contributed by atoms with van der Waals surface area (Å²) in [5.74, 6) is -2.29. The number of nitrogens with zero attached hydrogens (tertiary/aromatic N) is 3. The Kier molecular flexibility index (Phi) is 7.56. The van der Waals surface area contributed by atoms with Gasteiger partial charge in [0, 0.05) is 23.5 Å². The van der Waals surface area contributed by atoms with Gasteiger partial charge in [-0.15, -0.1) is 0 Å². The van der Waals surface area contributed by atoms with Crippen molar-refractivity contribution in [1.82, 2.24) is 15.0 Å². The van der Waals surface area contributed by atoms with Crippen LogP contribution in [0.1, 0.15) is 20.7 Å². The first kappa shape index (κ1) is 28.8. The number of halogens is 3. The third-order valence-corrected chi connectivity index (χ3v) is 6.67. The molecule has 0 aliphatic heterocycles. The maximum atomic E-state index is 12.9. The van der Waals surface area contributed by atoms with E-state index in [2.05, 4.69) is 20.3 Å². The van der Waals surface area contributed by atoms with Gasteiger partial charge in [0.15, 0.2) is 0 Å². The third-order valence-electron chi connectivity index (χ3n) is 5.56. The van der Waals surface area contributed by atoms with Gasteiger partial charge in [-0.2, -0.15) is 26.6 Å². The number of nitrogens with one attached hydrogen (secondary N) is 2. The molecule has 4 aromatic rings. The predicted molar refractivity (Wildman–Crippen MR) is 140 cm³/mol. The summed E-state index contributed by atoms with van der Waals surface area (Å²) in [6, 6.07) is 7.49. The van der Waals surface area contributed by atoms with Crippen molar-refractivity contribution in [3.63, 3.8) is 0 Å². The molecule has 5 N–H and O–H groups in total. The molecule has 2 aromatic carbocycles. The first-order valence-electron chi connectivity index (χ1n) is 11.2. The summed E-state index contributed by atoms with van der Waals surface area (Å²) in [4.78, 5) is 36.3. The van der Waals surface area contributed by atoms with Gasteiger partial charge in [0.05, 0.1) is 47.8 Å². The number of pyridine rings is 1. The molecule has 17 heteroatoms. The maximum Gasteiger partial charge on any atom is 0.516 e. The number of ether oxygens (including phenoxy) is 2. The topological polar surface area (TPSA) is 196 Å². The Balaban J connectivity index is 1.84. The van der Waals surface area contributed by atoms with Gasteiger partial charge in [-0.25, -0.2) is 9.78 Å². The van der Waals surface area contributed by atoms with Crippen LogP contribution in [-0.4, -0.2) is 60.1 Å². The Morgan fingerprint density at radius 1 is 1.00 bits per heavy atom. The van der Waals surface area contributed by atoms with Crippen LogP contribution in [0.3, 0.4) is 0 Å². The number of methoxy groups -OCH3 is 2. The molecule has 214 valence electrons. The number of carboxylic acid groups (broad SMARTS) is 1. The smallest absolute Gasteiger partial charge is 0.480 e. The number of aromatic carboxylic acids is 1. The van der Waals surface area contributed by atoms with Crippen molar-refractivity contribution >= 4 is 49.9 Å². The number of carboxylic acids is 1. The van der Waals surface area contributed by atoms with E-state index in [4.69, 9.17) is 15.2 Å². The molecule has 4 rings (SSSR count). The van der Waals surface area contributed by atoms with Crippen LogP contribution in [0.5, 0.6) is 11.9 Å². The Morgan fingerprint density at radius 3 is 2.32 bits per heavy atom. The van der Waals surface area contributed by atoms with E-state index in [1.54, 1.807) is 18.2 Å². The number of benzene rings is 2. The average molecular weight is 593 g/mol. The fraction of sp³-hybridized carbons (Fsp3) is 0.125. The number of anilines is 3. The van der Waals surface area contributed by atoms with Gasteiger partial charge in [-0.3, -0.25) is 14.5 Å². The minimum atomic E-state index is -5.86. The number of rotatable bonds is 9. The lowest BCUT2D eigenvalue weighted by molar-refractivity contribution is -0.0429. The van der Waals surface area contributed by atoms with Crippen molar-refractivity contribution in [1.29, 1.82) is 0 Å². The summed E-state index contributed by atoms with van der Waals surface area (Å²) in [6.45, 7) is 0. The molecule has 0 fully saturated rings. The van der Waals surface area contributed by atoms with Crippen molar-refractivity contribution in [3.8, 4) is 23.0 Å². The van der Waals surface area contributed by atoms with E-state index in [9.17, 15) is 36.3 Å². The summed E-state index contributed by atoms with van der Waals surface area (Å²) in [5.41, 5.74) is -0.353. The van der Waals surface area contributed by atoms with Gasteiger partial charge in [0.25, 0.3) is 5.91 Å². The molecule has 0 radical (unpaired) electrons. The Labute approximate surface area is 229 Å². The second-order valence-corrected chi connectivity index (χ2v) is 9.88. The summed E-state index contributed by atoms with van der Waals surface area (Å²) in [5, 5.41) is 12.5. The van der Waals surface area contributed by atoms with Crippen LogP contribution in [-0.2, 0) is 10.0 Å². The van der Waals surface area contributed by atoms with Crippen LogP contribution in [0.25, 0.3) is 22.0 Å². The highest BCUT2D eigenvalue weighted by atomic mass is 32.2. The van der Waals surface area contributed by atoms with Gasteiger partial charge in [-0.1, -0.05) is 12.1 Å².